The van der Waals surface area contributed by atoms with Gasteiger partial charge >= 0.3 is 0 Å². The van der Waals surface area contributed by atoms with Crippen LogP contribution in [0, 0.1) is 0 Å². The Morgan fingerprint density at radius 3 is 3.13 bits per heavy atom. The van der Waals surface area contributed by atoms with Crippen molar-refractivity contribution in [3.05, 3.63) is 46.4 Å². The number of aromatic nitrogens is 1. The molecule has 0 radical (unpaired) electrons. The smallest absolute Gasteiger partial charge is 0.260 e. The van der Waals surface area contributed by atoms with E-state index in [2.05, 4.69) is 21.3 Å². The van der Waals surface area contributed by atoms with E-state index >= 15 is 0 Å². The van der Waals surface area contributed by atoms with Gasteiger partial charge in [0.25, 0.3) is 5.91 Å². The van der Waals surface area contributed by atoms with Gasteiger partial charge in [-0.15, -0.1) is 11.3 Å². The quantitative estimate of drug-likeness (QED) is 0.858. The number of rotatable bonds is 4. The maximum absolute atomic E-state index is 12.1. The van der Waals surface area contributed by atoms with E-state index in [1.54, 1.807) is 18.5 Å². The first kappa shape index (κ1) is 14.7. The lowest BCUT2D eigenvalue weighted by Gasteiger charge is -2.46. The van der Waals surface area contributed by atoms with Crippen LogP contribution >= 0.6 is 11.3 Å². The first-order valence-corrected chi connectivity index (χ1v) is 8.77. The first-order valence-electron chi connectivity index (χ1n) is 7.89. The van der Waals surface area contributed by atoms with Crippen molar-refractivity contribution < 1.29 is 9.53 Å². The lowest BCUT2D eigenvalue weighted by Crippen LogP contribution is -2.62. The number of carbonyl (C=O) groups is 1. The standard InChI is InChI=1S/C17H19N3O2S/c21-17(12-22-15-2-1-5-18-8-15)20-10-14(11-20)19-6-3-16-13(9-19)4-7-23-16/h1-2,4-5,7-8,14H,3,6,9-12H2. The number of nitrogens with zero attached hydrogens (tertiary/aromatic N) is 3. The maximum atomic E-state index is 12.1. The summed E-state index contributed by atoms with van der Waals surface area (Å²) in [6, 6.07) is 6.33. The number of ether oxygens (including phenoxy) is 1. The van der Waals surface area contributed by atoms with Crippen molar-refractivity contribution >= 4 is 17.2 Å². The third-order valence-corrected chi connectivity index (χ3v) is 5.59. The molecule has 0 N–H and O–H groups in total. The zero-order valence-electron chi connectivity index (χ0n) is 12.9. The van der Waals surface area contributed by atoms with Crippen molar-refractivity contribution in [2.45, 2.75) is 19.0 Å². The molecule has 0 saturated carbocycles. The van der Waals surface area contributed by atoms with Crippen LogP contribution in [-0.4, -0.2) is 53.0 Å². The van der Waals surface area contributed by atoms with E-state index in [9.17, 15) is 4.79 Å². The number of likely N-dealkylation sites (tertiary alicyclic amines) is 1. The summed E-state index contributed by atoms with van der Waals surface area (Å²) in [5, 5.41) is 2.18. The Morgan fingerprint density at radius 1 is 1.39 bits per heavy atom. The van der Waals surface area contributed by atoms with E-state index < -0.39 is 0 Å². The van der Waals surface area contributed by atoms with Crippen LogP contribution in [0.25, 0.3) is 0 Å². The molecule has 1 saturated heterocycles. The molecule has 6 heteroatoms. The molecule has 0 spiro atoms. The maximum Gasteiger partial charge on any atom is 0.260 e. The zero-order chi connectivity index (χ0) is 15.6. The number of pyridine rings is 1. The SMILES string of the molecule is O=C(COc1cccnc1)N1CC(N2CCc3sccc3C2)C1. The molecule has 4 rings (SSSR count). The van der Waals surface area contributed by atoms with Crippen molar-refractivity contribution in [2.24, 2.45) is 0 Å². The topological polar surface area (TPSA) is 45.7 Å². The Bertz CT molecular complexity index is 682. The molecule has 5 nitrogen and oxygen atoms in total. The number of hydrogen-bond acceptors (Lipinski definition) is 5. The molecule has 2 aliphatic heterocycles. The van der Waals surface area contributed by atoms with Gasteiger partial charge in [0.1, 0.15) is 5.75 Å². The lowest BCUT2D eigenvalue weighted by molar-refractivity contribution is -0.141. The number of fused-ring (bicyclic) bond motifs is 1. The molecular formula is C17H19N3O2S. The summed E-state index contributed by atoms with van der Waals surface area (Å²) in [5.41, 5.74) is 1.46. The van der Waals surface area contributed by atoms with E-state index in [-0.39, 0.29) is 12.5 Å². The highest BCUT2D eigenvalue weighted by atomic mass is 32.1. The minimum atomic E-state index is 0.0540. The van der Waals surface area contributed by atoms with Crippen LogP contribution in [0.2, 0.25) is 0 Å². The van der Waals surface area contributed by atoms with Crippen molar-refractivity contribution in [3.8, 4) is 5.75 Å². The van der Waals surface area contributed by atoms with E-state index in [1.807, 2.05) is 22.3 Å². The molecule has 23 heavy (non-hydrogen) atoms. The fourth-order valence-electron chi connectivity index (χ4n) is 3.14. The van der Waals surface area contributed by atoms with E-state index in [4.69, 9.17) is 4.74 Å². The Kier molecular flexibility index (Phi) is 4.01. The number of hydrogen-bond donors (Lipinski definition) is 0. The van der Waals surface area contributed by atoms with Crippen LogP contribution in [0.3, 0.4) is 0 Å². The predicted octanol–water partition coefficient (Wildman–Crippen LogP) is 1.79. The van der Waals surface area contributed by atoms with Gasteiger partial charge in [-0.3, -0.25) is 14.7 Å². The van der Waals surface area contributed by atoms with E-state index in [0.29, 0.717) is 11.8 Å². The third-order valence-electron chi connectivity index (χ3n) is 4.57. The average molecular weight is 329 g/mol. The molecule has 0 unspecified atom stereocenters. The molecule has 4 heterocycles. The zero-order valence-corrected chi connectivity index (χ0v) is 13.7. The van der Waals surface area contributed by atoms with Crippen LogP contribution in [-0.2, 0) is 17.8 Å². The highest BCUT2D eigenvalue weighted by molar-refractivity contribution is 7.10. The normalized spacial score (nSPS) is 18.3. The summed E-state index contributed by atoms with van der Waals surface area (Å²) in [7, 11) is 0. The molecule has 2 aliphatic rings. The summed E-state index contributed by atoms with van der Waals surface area (Å²) in [5.74, 6) is 0.692. The van der Waals surface area contributed by atoms with Crippen molar-refractivity contribution in [1.82, 2.24) is 14.8 Å². The predicted molar refractivity (Wildman–Crippen MR) is 88.5 cm³/mol. The second-order valence-corrected chi connectivity index (χ2v) is 7.02. The summed E-state index contributed by atoms with van der Waals surface area (Å²) < 4.78 is 5.48. The van der Waals surface area contributed by atoms with Crippen molar-refractivity contribution in [1.29, 1.82) is 0 Å². The van der Waals surface area contributed by atoms with Gasteiger partial charge in [-0.2, -0.15) is 0 Å². The van der Waals surface area contributed by atoms with Gasteiger partial charge in [0.2, 0.25) is 0 Å². The molecule has 2 aromatic rings. The van der Waals surface area contributed by atoms with Gasteiger partial charge in [0.05, 0.1) is 6.20 Å². The Labute approximate surface area is 139 Å². The Hall–Kier alpha value is -1.92. The van der Waals surface area contributed by atoms with Crippen LogP contribution in [0.4, 0.5) is 0 Å². The fourth-order valence-corrected chi connectivity index (χ4v) is 4.03. The van der Waals surface area contributed by atoms with Crippen LogP contribution < -0.4 is 4.74 Å². The summed E-state index contributed by atoms with van der Waals surface area (Å²) >= 11 is 1.86. The molecule has 120 valence electrons. The first-order chi connectivity index (χ1) is 11.3. The number of carbonyl (C=O) groups excluding carboxylic acids is 1. The van der Waals surface area contributed by atoms with E-state index in [0.717, 1.165) is 32.6 Å². The summed E-state index contributed by atoms with van der Waals surface area (Å²) in [6.45, 7) is 3.85. The third kappa shape index (κ3) is 3.09. The van der Waals surface area contributed by atoms with Crippen LogP contribution in [0.5, 0.6) is 5.75 Å². The molecule has 0 aliphatic carbocycles. The second-order valence-electron chi connectivity index (χ2n) is 6.02. The molecular weight excluding hydrogens is 310 g/mol. The fraction of sp³-hybridized carbons (Fsp3) is 0.412. The van der Waals surface area contributed by atoms with Gasteiger partial charge in [-0.25, -0.2) is 0 Å². The molecule has 0 atom stereocenters. The van der Waals surface area contributed by atoms with Gasteiger partial charge in [0.15, 0.2) is 6.61 Å². The number of amides is 1. The minimum absolute atomic E-state index is 0.0540. The monoisotopic (exact) mass is 329 g/mol. The van der Waals surface area contributed by atoms with Crippen molar-refractivity contribution in [3.63, 3.8) is 0 Å². The summed E-state index contributed by atoms with van der Waals surface area (Å²) in [6.07, 6.45) is 4.45. The molecule has 2 aromatic heterocycles. The van der Waals surface area contributed by atoms with Gasteiger partial charge in [0, 0.05) is 43.3 Å². The highest BCUT2D eigenvalue weighted by Crippen LogP contribution is 2.27. The minimum Gasteiger partial charge on any atom is -0.482 e. The lowest BCUT2D eigenvalue weighted by atomic mass is 10.0. The van der Waals surface area contributed by atoms with Crippen molar-refractivity contribution in [2.75, 3.05) is 26.2 Å². The van der Waals surface area contributed by atoms with Gasteiger partial charge in [-0.05, 0) is 35.6 Å². The molecule has 1 amide bonds. The summed E-state index contributed by atoms with van der Waals surface area (Å²) in [4.78, 5) is 22.0. The van der Waals surface area contributed by atoms with Gasteiger partial charge in [-0.1, -0.05) is 0 Å². The average Bonchev–Trinajstić information content (AvgIpc) is 3.00. The molecule has 0 aromatic carbocycles. The number of thiophene rings is 1. The van der Waals surface area contributed by atoms with Gasteiger partial charge < -0.3 is 9.64 Å². The molecule has 0 bridgehead atoms. The second kappa shape index (κ2) is 6.29. The van der Waals surface area contributed by atoms with E-state index in [1.165, 1.54) is 10.4 Å². The Balaban J connectivity index is 1.24. The van der Waals surface area contributed by atoms with Crippen LogP contribution in [0.15, 0.2) is 36.0 Å². The Morgan fingerprint density at radius 2 is 2.30 bits per heavy atom. The largest absolute Gasteiger partial charge is 0.482 e. The molecule has 1 fully saturated rings. The highest BCUT2D eigenvalue weighted by Gasteiger charge is 2.36. The van der Waals surface area contributed by atoms with Crippen LogP contribution in [0.1, 0.15) is 10.4 Å².